The summed E-state index contributed by atoms with van der Waals surface area (Å²) in [5, 5.41) is 2.61. The number of ether oxygens (including phenoxy) is 1. The first-order valence-electron chi connectivity index (χ1n) is 6.59. The molecular weight excluding hydrogens is 271 g/mol. The first kappa shape index (κ1) is 14.8. The highest BCUT2D eigenvalue weighted by Gasteiger charge is 2.11. The van der Waals surface area contributed by atoms with E-state index in [1.54, 1.807) is 25.1 Å². The molecule has 0 spiro atoms. The highest BCUT2D eigenvalue weighted by Crippen LogP contribution is 2.19. The van der Waals surface area contributed by atoms with Crippen LogP contribution in [0, 0.1) is 12.7 Å². The number of halogens is 1. The third-order valence-electron chi connectivity index (χ3n) is 2.93. The van der Waals surface area contributed by atoms with Crippen LogP contribution in [0.15, 0.2) is 42.5 Å². The molecule has 0 unspecified atom stereocenters. The van der Waals surface area contributed by atoms with Crippen molar-refractivity contribution in [2.75, 3.05) is 18.9 Å². The van der Waals surface area contributed by atoms with Gasteiger partial charge in [-0.05, 0) is 31.2 Å². The van der Waals surface area contributed by atoms with Gasteiger partial charge in [-0.2, -0.15) is 0 Å². The Morgan fingerprint density at radius 2 is 2.05 bits per heavy atom. The number of anilines is 1. The van der Waals surface area contributed by atoms with Crippen LogP contribution in [0.1, 0.15) is 15.9 Å². The van der Waals surface area contributed by atoms with Crippen LogP contribution in [-0.4, -0.2) is 19.1 Å². The van der Waals surface area contributed by atoms with Gasteiger partial charge in [0.1, 0.15) is 18.2 Å². The molecule has 2 rings (SSSR count). The van der Waals surface area contributed by atoms with E-state index in [1.165, 1.54) is 12.1 Å². The quantitative estimate of drug-likeness (QED) is 0.656. The molecule has 21 heavy (non-hydrogen) atoms. The number of nitrogen functional groups attached to an aromatic ring is 1. The van der Waals surface area contributed by atoms with Crippen molar-refractivity contribution >= 4 is 11.6 Å². The van der Waals surface area contributed by atoms with E-state index in [-0.39, 0.29) is 18.7 Å². The molecule has 0 atom stereocenters. The van der Waals surface area contributed by atoms with Gasteiger partial charge >= 0.3 is 0 Å². The first-order valence-corrected chi connectivity index (χ1v) is 6.59. The van der Waals surface area contributed by atoms with E-state index < -0.39 is 11.7 Å². The minimum atomic E-state index is -0.536. The van der Waals surface area contributed by atoms with Crippen LogP contribution in [0.25, 0.3) is 0 Å². The Hall–Kier alpha value is -2.56. The fourth-order valence-corrected chi connectivity index (χ4v) is 1.85. The number of nitrogens with one attached hydrogen (secondary N) is 1. The Kier molecular flexibility index (Phi) is 4.77. The third-order valence-corrected chi connectivity index (χ3v) is 2.93. The molecule has 4 nitrogen and oxygen atoms in total. The molecule has 2 aromatic rings. The summed E-state index contributed by atoms with van der Waals surface area (Å²) in [5.41, 5.74) is 7.13. The Labute approximate surface area is 122 Å². The zero-order chi connectivity index (χ0) is 15.2. The van der Waals surface area contributed by atoms with Gasteiger partial charge in [0.25, 0.3) is 5.91 Å². The Bertz CT molecular complexity index is 644. The van der Waals surface area contributed by atoms with Gasteiger partial charge < -0.3 is 15.8 Å². The van der Waals surface area contributed by atoms with E-state index >= 15 is 0 Å². The van der Waals surface area contributed by atoms with Crippen molar-refractivity contribution in [1.82, 2.24) is 5.32 Å². The van der Waals surface area contributed by atoms with Gasteiger partial charge in [-0.3, -0.25) is 4.79 Å². The lowest BCUT2D eigenvalue weighted by Crippen LogP contribution is -2.29. The zero-order valence-corrected chi connectivity index (χ0v) is 11.7. The first-order chi connectivity index (χ1) is 10.1. The normalized spacial score (nSPS) is 10.2. The van der Waals surface area contributed by atoms with Gasteiger partial charge in [-0.1, -0.05) is 23.8 Å². The number of aryl methyl sites for hydroxylation is 1. The predicted octanol–water partition coefficient (Wildman–Crippen LogP) is 2.53. The van der Waals surface area contributed by atoms with Crippen molar-refractivity contribution in [3.8, 4) is 5.75 Å². The number of carbonyl (C=O) groups excluding carboxylic acids is 1. The van der Waals surface area contributed by atoms with Crippen molar-refractivity contribution in [2.24, 2.45) is 0 Å². The summed E-state index contributed by atoms with van der Waals surface area (Å²) < 4.78 is 19.0. The highest BCUT2D eigenvalue weighted by molar-refractivity contribution is 5.94. The average molecular weight is 288 g/mol. The standard InChI is InChI=1S/C16H17FN2O2/c1-11-6-7-13(17)12(10-11)16(20)19-8-9-21-15-5-3-2-4-14(15)18/h2-7,10H,8-9,18H2,1H3,(H,19,20). The van der Waals surface area contributed by atoms with Crippen LogP contribution in [-0.2, 0) is 0 Å². The summed E-state index contributed by atoms with van der Waals surface area (Å²) in [7, 11) is 0. The molecule has 5 heteroatoms. The van der Waals surface area contributed by atoms with E-state index in [4.69, 9.17) is 10.5 Å². The lowest BCUT2D eigenvalue weighted by molar-refractivity contribution is 0.0943. The number of benzene rings is 2. The molecule has 0 fully saturated rings. The number of amides is 1. The molecule has 0 bridgehead atoms. The molecule has 0 aliphatic carbocycles. The van der Waals surface area contributed by atoms with Crippen LogP contribution in [0.2, 0.25) is 0 Å². The minimum Gasteiger partial charge on any atom is -0.490 e. The smallest absolute Gasteiger partial charge is 0.254 e. The number of carbonyl (C=O) groups is 1. The fourth-order valence-electron chi connectivity index (χ4n) is 1.85. The van der Waals surface area contributed by atoms with Crippen LogP contribution in [0.4, 0.5) is 10.1 Å². The lowest BCUT2D eigenvalue weighted by Gasteiger charge is -2.10. The summed E-state index contributed by atoms with van der Waals surface area (Å²) >= 11 is 0. The monoisotopic (exact) mass is 288 g/mol. The Balaban J connectivity index is 1.85. The maximum Gasteiger partial charge on any atom is 0.254 e. The molecule has 3 N–H and O–H groups in total. The molecule has 0 aromatic heterocycles. The Morgan fingerprint density at radius 1 is 1.29 bits per heavy atom. The second-order valence-electron chi connectivity index (χ2n) is 4.63. The zero-order valence-electron chi connectivity index (χ0n) is 11.7. The SMILES string of the molecule is Cc1ccc(F)c(C(=O)NCCOc2ccccc2N)c1. The minimum absolute atomic E-state index is 0.0363. The van der Waals surface area contributed by atoms with E-state index in [0.29, 0.717) is 11.4 Å². The fraction of sp³-hybridized carbons (Fsp3) is 0.188. The van der Waals surface area contributed by atoms with Crippen molar-refractivity contribution in [3.05, 3.63) is 59.4 Å². The third kappa shape index (κ3) is 3.95. The molecule has 0 saturated carbocycles. The summed E-state index contributed by atoms with van der Waals surface area (Å²) in [5.74, 6) is -0.430. The van der Waals surface area contributed by atoms with Gasteiger partial charge in [0.2, 0.25) is 0 Å². The lowest BCUT2D eigenvalue weighted by atomic mass is 10.1. The molecule has 1 amide bonds. The topological polar surface area (TPSA) is 64.3 Å². The number of para-hydroxylation sites is 2. The van der Waals surface area contributed by atoms with Crippen molar-refractivity contribution in [1.29, 1.82) is 0 Å². The second-order valence-corrected chi connectivity index (χ2v) is 4.63. The van der Waals surface area contributed by atoms with E-state index in [0.717, 1.165) is 5.56 Å². The summed E-state index contributed by atoms with van der Waals surface area (Å²) in [6.07, 6.45) is 0. The molecular formula is C16H17FN2O2. The summed E-state index contributed by atoms with van der Waals surface area (Å²) in [6, 6.07) is 11.5. The maximum atomic E-state index is 13.5. The highest BCUT2D eigenvalue weighted by atomic mass is 19.1. The number of nitrogens with two attached hydrogens (primary N) is 1. The summed E-state index contributed by atoms with van der Waals surface area (Å²) in [6.45, 7) is 2.32. The van der Waals surface area contributed by atoms with Gasteiger partial charge in [-0.15, -0.1) is 0 Å². The maximum absolute atomic E-state index is 13.5. The molecule has 0 saturated heterocycles. The van der Waals surface area contributed by atoms with Crippen molar-refractivity contribution in [2.45, 2.75) is 6.92 Å². The van der Waals surface area contributed by atoms with Crippen LogP contribution in [0.3, 0.4) is 0 Å². The average Bonchev–Trinajstić information content (AvgIpc) is 2.47. The van der Waals surface area contributed by atoms with Gasteiger partial charge in [-0.25, -0.2) is 4.39 Å². The van der Waals surface area contributed by atoms with Crippen LogP contribution >= 0.6 is 0 Å². The van der Waals surface area contributed by atoms with Gasteiger partial charge in [0.05, 0.1) is 17.8 Å². The van der Waals surface area contributed by atoms with Gasteiger partial charge in [0.15, 0.2) is 0 Å². The predicted molar refractivity (Wildman–Crippen MR) is 79.8 cm³/mol. The molecule has 0 aliphatic heterocycles. The Morgan fingerprint density at radius 3 is 2.81 bits per heavy atom. The number of hydrogen-bond donors (Lipinski definition) is 2. The van der Waals surface area contributed by atoms with Crippen molar-refractivity contribution < 1.29 is 13.9 Å². The number of rotatable bonds is 5. The molecule has 110 valence electrons. The van der Waals surface area contributed by atoms with E-state index in [1.807, 2.05) is 12.1 Å². The van der Waals surface area contributed by atoms with Crippen LogP contribution in [0.5, 0.6) is 5.75 Å². The summed E-state index contributed by atoms with van der Waals surface area (Å²) in [4.78, 5) is 11.9. The molecule has 0 radical (unpaired) electrons. The molecule has 0 aliphatic rings. The van der Waals surface area contributed by atoms with Crippen molar-refractivity contribution in [3.63, 3.8) is 0 Å². The molecule has 0 heterocycles. The van der Waals surface area contributed by atoms with E-state index in [9.17, 15) is 9.18 Å². The second kappa shape index (κ2) is 6.74. The van der Waals surface area contributed by atoms with E-state index in [2.05, 4.69) is 5.32 Å². The molecule has 2 aromatic carbocycles. The van der Waals surface area contributed by atoms with Crippen LogP contribution < -0.4 is 15.8 Å². The number of hydrogen-bond acceptors (Lipinski definition) is 3. The largest absolute Gasteiger partial charge is 0.490 e. The van der Waals surface area contributed by atoms with Gasteiger partial charge in [0, 0.05) is 0 Å².